The van der Waals surface area contributed by atoms with Crippen LogP contribution in [0.1, 0.15) is 40.1 Å². The van der Waals surface area contributed by atoms with E-state index in [1.165, 1.54) is 25.6 Å². The first-order valence-corrected chi connectivity index (χ1v) is 10.5. The van der Waals surface area contributed by atoms with Gasteiger partial charge in [0, 0.05) is 12.6 Å². The number of carbonyl (C=O) groups is 2. The number of carboxylic acid groups (broad SMARTS) is 1. The maximum Gasteiger partial charge on any atom is 0.335 e. The number of hydrogen-bond acceptors (Lipinski definition) is 8. The zero-order valence-electron chi connectivity index (χ0n) is 17.8. The standard InChI is InChI=1S/C22H18N6O6/c1-27-17(26-15(16(29)20(27)31)19(30)24-12-8-23-34-9-12)18-25-13-3-2-11(21(32)33)4-14(13)28(18)22-5-10(6-22)7-22/h2-4,8-10,29H,5-7H2,1H3,(H,24,30)(H,32,33). The van der Waals surface area contributed by atoms with Crippen LogP contribution in [-0.2, 0) is 12.6 Å². The van der Waals surface area contributed by atoms with Crippen LogP contribution >= 0.6 is 0 Å². The third kappa shape index (κ3) is 2.71. The van der Waals surface area contributed by atoms with Gasteiger partial charge in [0.25, 0.3) is 11.5 Å². The van der Waals surface area contributed by atoms with Crippen LogP contribution in [0.5, 0.6) is 5.75 Å². The van der Waals surface area contributed by atoms with Gasteiger partial charge in [-0.05, 0) is 43.4 Å². The quantitative estimate of drug-likeness (QED) is 0.402. The molecule has 0 saturated heterocycles. The molecule has 34 heavy (non-hydrogen) atoms. The minimum Gasteiger partial charge on any atom is -0.501 e. The number of rotatable bonds is 5. The van der Waals surface area contributed by atoms with Crippen molar-refractivity contribution in [3.8, 4) is 17.4 Å². The molecule has 3 aliphatic rings. The predicted octanol–water partition coefficient (Wildman–Crippen LogP) is 1.95. The Morgan fingerprint density at radius 2 is 1.97 bits per heavy atom. The predicted molar refractivity (Wildman–Crippen MR) is 117 cm³/mol. The van der Waals surface area contributed by atoms with Gasteiger partial charge in [-0.2, -0.15) is 0 Å². The Labute approximate surface area is 190 Å². The fourth-order valence-corrected chi connectivity index (χ4v) is 4.95. The van der Waals surface area contributed by atoms with Gasteiger partial charge in [0.2, 0.25) is 5.75 Å². The molecule has 1 aromatic carbocycles. The third-order valence-corrected chi connectivity index (χ3v) is 6.75. The smallest absolute Gasteiger partial charge is 0.335 e. The van der Waals surface area contributed by atoms with Gasteiger partial charge in [0.05, 0.1) is 22.8 Å². The topological polar surface area (TPSA) is 165 Å². The Hall–Kier alpha value is -4.48. The molecule has 1 amide bonds. The van der Waals surface area contributed by atoms with Crippen molar-refractivity contribution in [3.63, 3.8) is 0 Å². The van der Waals surface area contributed by atoms with Crippen molar-refractivity contribution >= 4 is 28.6 Å². The van der Waals surface area contributed by atoms with E-state index in [4.69, 9.17) is 0 Å². The molecule has 172 valence electrons. The molecule has 3 N–H and O–H groups in total. The van der Waals surface area contributed by atoms with Gasteiger partial charge >= 0.3 is 5.97 Å². The second-order valence-corrected chi connectivity index (χ2v) is 8.85. The molecule has 12 nitrogen and oxygen atoms in total. The average molecular weight is 462 g/mol. The van der Waals surface area contributed by atoms with Crippen LogP contribution in [0, 0.1) is 5.92 Å². The number of imidazole rings is 1. The molecule has 0 unspecified atom stereocenters. The molecule has 3 fully saturated rings. The van der Waals surface area contributed by atoms with Gasteiger partial charge in [0.1, 0.15) is 12.0 Å². The van der Waals surface area contributed by atoms with Crippen molar-refractivity contribution in [2.75, 3.05) is 5.32 Å². The van der Waals surface area contributed by atoms with Gasteiger partial charge < -0.3 is 24.6 Å². The molecule has 3 saturated carbocycles. The van der Waals surface area contributed by atoms with E-state index in [1.54, 1.807) is 12.1 Å². The van der Waals surface area contributed by atoms with Crippen molar-refractivity contribution in [2.45, 2.75) is 24.8 Å². The van der Waals surface area contributed by atoms with E-state index in [-0.39, 0.29) is 22.6 Å². The highest BCUT2D eigenvalue weighted by molar-refractivity contribution is 6.04. The number of nitrogens with zero attached hydrogens (tertiary/aromatic N) is 5. The monoisotopic (exact) mass is 462 g/mol. The SMILES string of the molecule is Cn1c(-c2nc3ccc(C(=O)O)cc3n2C23CC(C2)C3)nc(C(=O)Nc2cnoc2)c(O)c1=O. The van der Waals surface area contributed by atoms with Gasteiger partial charge in [-0.1, -0.05) is 5.16 Å². The lowest BCUT2D eigenvalue weighted by Gasteiger charge is -2.62. The lowest BCUT2D eigenvalue weighted by Crippen LogP contribution is -2.59. The van der Waals surface area contributed by atoms with E-state index in [2.05, 4.69) is 25.0 Å². The number of hydrogen-bond donors (Lipinski definition) is 3. The van der Waals surface area contributed by atoms with Crippen LogP contribution in [0.25, 0.3) is 22.7 Å². The number of nitrogens with one attached hydrogen (secondary N) is 1. The maximum atomic E-state index is 12.9. The number of carbonyl (C=O) groups excluding carboxylic acids is 1. The Morgan fingerprint density at radius 1 is 1.21 bits per heavy atom. The second-order valence-electron chi connectivity index (χ2n) is 8.85. The molecule has 0 radical (unpaired) electrons. The molecule has 2 bridgehead atoms. The number of aromatic carboxylic acids is 1. The van der Waals surface area contributed by atoms with Crippen molar-refractivity contribution < 1.29 is 24.3 Å². The van der Waals surface area contributed by atoms with Gasteiger partial charge in [0.15, 0.2) is 17.3 Å². The molecular weight excluding hydrogens is 444 g/mol. The number of fused-ring (bicyclic) bond motifs is 1. The second kappa shape index (κ2) is 6.76. The first-order chi connectivity index (χ1) is 16.3. The molecule has 0 aliphatic heterocycles. The van der Waals surface area contributed by atoms with Gasteiger partial charge in [-0.15, -0.1) is 0 Å². The minimum atomic E-state index is -1.06. The van der Waals surface area contributed by atoms with E-state index in [9.17, 15) is 24.6 Å². The molecule has 3 aliphatic carbocycles. The first-order valence-electron chi connectivity index (χ1n) is 10.5. The minimum absolute atomic E-state index is 0.0797. The van der Waals surface area contributed by atoms with E-state index in [0.29, 0.717) is 22.8 Å². The van der Waals surface area contributed by atoms with Gasteiger partial charge in [-0.3, -0.25) is 14.2 Å². The van der Waals surface area contributed by atoms with Crippen LogP contribution in [0.4, 0.5) is 5.69 Å². The Kier molecular flexibility index (Phi) is 4.01. The molecule has 4 aromatic rings. The van der Waals surface area contributed by atoms with Crippen molar-refractivity contribution in [1.29, 1.82) is 0 Å². The summed E-state index contributed by atoms with van der Waals surface area (Å²) in [5.41, 5.74) is -0.0197. The highest BCUT2D eigenvalue weighted by Crippen LogP contribution is 2.63. The normalized spacial score (nSPS) is 20.6. The average Bonchev–Trinajstić information content (AvgIpc) is 3.38. The molecular formula is C22H18N6O6. The molecule has 7 rings (SSSR count). The van der Waals surface area contributed by atoms with Crippen molar-refractivity contribution in [1.82, 2.24) is 24.3 Å². The summed E-state index contributed by atoms with van der Waals surface area (Å²) in [6.07, 6.45) is 5.19. The van der Waals surface area contributed by atoms with Crippen LogP contribution < -0.4 is 10.9 Å². The summed E-state index contributed by atoms with van der Waals surface area (Å²) in [4.78, 5) is 46.2. The van der Waals surface area contributed by atoms with Crippen LogP contribution in [-0.4, -0.2) is 46.3 Å². The largest absolute Gasteiger partial charge is 0.501 e. The zero-order valence-corrected chi connectivity index (χ0v) is 17.8. The Bertz CT molecular complexity index is 1550. The molecule has 0 atom stereocenters. The van der Waals surface area contributed by atoms with E-state index < -0.39 is 28.9 Å². The zero-order chi connectivity index (χ0) is 23.8. The summed E-state index contributed by atoms with van der Waals surface area (Å²) in [5, 5.41) is 25.8. The fraction of sp³-hybridized carbons (Fsp3) is 0.273. The number of benzene rings is 1. The fourth-order valence-electron chi connectivity index (χ4n) is 4.95. The Morgan fingerprint density at radius 3 is 2.59 bits per heavy atom. The molecule has 3 aromatic heterocycles. The highest BCUT2D eigenvalue weighted by atomic mass is 16.5. The summed E-state index contributed by atoms with van der Waals surface area (Å²) in [7, 11) is 1.43. The van der Waals surface area contributed by atoms with E-state index >= 15 is 0 Å². The lowest BCUT2D eigenvalue weighted by atomic mass is 9.49. The highest BCUT2D eigenvalue weighted by Gasteiger charge is 2.59. The van der Waals surface area contributed by atoms with Crippen LogP contribution in [0.2, 0.25) is 0 Å². The summed E-state index contributed by atoms with van der Waals surface area (Å²) in [6, 6.07) is 4.64. The first kappa shape index (κ1) is 20.1. The van der Waals surface area contributed by atoms with Crippen molar-refractivity contribution in [2.24, 2.45) is 13.0 Å². The van der Waals surface area contributed by atoms with Crippen LogP contribution in [0.15, 0.2) is 40.0 Å². The summed E-state index contributed by atoms with van der Waals surface area (Å²) < 4.78 is 7.76. The lowest BCUT2D eigenvalue weighted by molar-refractivity contribution is -0.0847. The summed E-state index contributed by atoms with van der Waals surface area (Å²) >= 11 is 0. The third-order valence-electron chi connectivity index (χ3n) is 6.75. The summed E-state index contributed by atoms with van der Waals surface area (Å²) in [6.45, 7) is 0. The van der Waals surface area contributed by atoms with Crippen LogP contribution in [0.3, 0.4) is 0 Å². The molecule has 3 heterocycles. The van der Waals surface area contributed by atoms with E-state index in [1.807, 2.05) is 4.57 Å². The summed E-state index contributed by atoms with van der Waals surface area (Å²) in [5.74, 6) is -1.67. The van der Waals surface area contributed by atoms with Gasteiger partial charge in [-0.25, -0.2) is 14.8 Å². The number of anilines is 1. The molecule has 12 heteroatoms. The van der Waals surface area contributed by atoms with Crippen molar-refractivity contribution in [3.05, 3.63) is 52.3 Å². The number of aromatic nitrogens is 5. The maximum absolute atomic E-state index is 12.9. The Balaban J connectivity index is 1.56. The number of amides is 1. The number of aromatic hydroxyl groups is 1. The van der Waals surface area contributed by atoms with E-state index in [0.717, 1.165) is 23.8 Å². The molecule has 0 spiro atoms. The number of carboxylic acids is 1.